The number of thiophene rings is 1. The quantitative estimate of drug-likeness (QED) is 0.394. The van der Waals surface area contributed by atoms with E-state index in [1.54, 1.807) is 16.2 Å². The van der Waals surface area contributed by atoms with E-state index in [-0.39, 0.29) is 17.6 Å². The summed E-state index contributed by atoms with van der Waals surface area (Å²) in [5.74, 6) is 0.684. The van der Waals surface area contributed by atoms with Gasteiger partial charge in [0.05, 0.1) is 17.7 Å². The van der Waals surface area contributed by atoms with Gasteiger partial charge in [0.15, 0.2) is 0 Å². The van der Waals surface area contributed by atoms with Crippen LogP contribution in [0.15, 0.2) is 29.3 Å². The third-order valence-corrected chi connectivity index (χ3v) is 6.98. The zero-order chi connectivity index (χ0) is 21.1. The standard InChI is InChI=1S/C22H24N4OS2/c1-13-7-9-18(10-8-13)26(12-6-11-23)22(27)16(4)29-21-19-14(2)15(3)28-20(19)24-17(5)25-21/h7-10,16H,6,12H2,1-5H3/t16-/m1/s1. The second kappa shape index (κ2) is 8.93. The van der Waals surface area contributed by atoms with Gasteiger partial charge < -0.3 is 4.90 Å². The summed E-state index contributed by atoms with van der Waals surface area (Å²) in [6, 6.07) is 9.97. The average Bonchev–Trinajstić information content (AvgIpc) is 2.96. The van der Waals surface area contributed by atoms with Gasteiger partial charge in [-0.3, -0.25) is 4.79 Å². The maximum Gasteiger partial charge on any atom is 0.240 e. The lowest BCUT2D eigenvalue weighted by Crippen LogP contribution is -2.37. The molecule has 1 amide bonds. The summed E-state index contributed by atoms with van der Waals surface area (Å²) < 4.78 is 0. The lowest BCUT2D eigenvalue weighted by molar-refractivity contribution is -0.117. The number of fused-ring (bicyclic) bond motifs is 1. The van der Waals surface area contributed by atoms with Crippen molar-refractivity contribution in [2.75, 3.05) is 11.4 Å². The largest absolute Gasteiger partial charge is 0.310 e. The van der Waals surface area contributed by atoms with Crippen molar-refractivity contribution in [2.24, 2.45) is 0 Å². The Morgan fingerprint density at radius 1 is 1.21 bits per heavy atom. The molecule has 0 aliphatic rings. The smallest absolute Gasteiger partial charge is 0.240 e. The van der Waals surface area contributed by atoms with Crippen LogP contribution in [-0.2, 0) is 4.79 Å². The second-order valence-electron chi connectivity index (χ2n) is 7.03. The molecule has 0 aliphatic heterocycles. The maximum atomic E-state index is 13.3. The van der Waals surface area contributed by atoms with Crippen LogP contribution in [0.25, 0.3) is 10.2 Å². The van der Waals surface area contributed by atoms with E-state index in [0.717, 1.165) is 26.5 Å². The number of nitriles is 1. The SMILES string of the molecule is Cc1ccc(N(CCC#N)C(=O)[C@@H](C)Sc2nc(C)nc3sc(C)c(C)c23)cc1. The molecule has 0 unspecified atom stereocenters. The number of aryl methyl sites for hydroxylation is 4. The zero-order valence-corrected chi connectivity index (χ0v) is 18.9. The summed E-state index contributed by atoms with van der Waals surface area (Å²) in [6.07, 6.45) is 0.288. The van der Waals surface area contributed by atoms with Gasteiger partial charge in [-0.2, -0.15) is 5.26 Å². The molecule has 29 heavy (non-hydrogen) atoms. The van der Waals surface area contributed by atoms with Crippen LogP contribution in [-0.4, -0.2) is 27.7 Å². The Kier molecular flexibility index (Phi) is 6.56. The Labute approximate surface area is 179 Å². The van der Waals surface area contributed by atoms with Crippen LogP contribution in [0.1, 0.15) is 35.2 Å². The molecule has 2 aromatic heterocycles. The van der Waals surface area contributed by atoms with Crippen molar-refractivity contribution >= 4 is 44.9 Å². The van der Waals surface area contributed by atoms with Crippen molar-refractivity contribution in [3.8, 4) is 6.07 Å². The molecule has 0 spiro atoms. The van der Waals surface area contributed by atoms with Crippen LogP contribution < -0.4 is 4.90 Å². The minimum atomic E-state index is -0.341. The summed E-state index contributed by atoms with van der Waals surface area (Å²) >= 11 is 3.13. The molecular formula is C22H24N4OS2. The first-order valence-electron chi connectivity index (χ1n) is 9.47. The van der Waals surface area contributed by atoms with E-state index in [1.807, 2.05) is 45.0 Å². The second-order valence-corrected chi connectivity index (χ2v) is 9.57. The molecule has 3 aromatic rings. The molecule has 3 rings (SSSR count). The summed E-state index contributed by atoms with van der Waals surface area (Å²) in [5.41, 5.74) is 3.12. The highest BCUT2D eigenvalue weighted by atomic mass is 32.2. The van der Waals surface area contributed by atoms with Gasteiger partial charge in [-0.1, -0.05) is 29.5 Å². The lowest BCUT2D eigenvalue weighted by Gasteiger charge is -2.25. The van der Waals surface area contributed by atoms with E-state index in [1.165, 1.54) is 22.2 Å². The number of carbonyl (C=O) groups is 1. The fraction of sp³-hybridized carbons (Fsp3) is 0.364. The maximum absolute atomic E-state index is 13.3. The third kappa shape index (κ3) is 4.60. The van der Waals surface area contributed by atoms with E-state index in [4.69, 9.17) is 5.26 Å². The minimum Gasteiger partial charge on any atom is -0.310 e. The molecule has 0 saturated heterocycles. The van der Waals surface area contributed by atoms with Gasteiger partial charge >= 0.3 is 0 Å². The molecule has 7 heteroatoms. The summed E-state index contributed by atoms with van der Waals surface area (Å²) in [6.45, 7) is 10.3. The number of benzene rings is 1. The van der Waals surface area contributed by atoms with Crippen LogP contribution in [0, 0.1) is 39.0 Å². The van der Waals surface area contributed by atoms with E-state index in [9.17, 15) is 4.79 Å². The number of hydrogen-bond acceptors (Lipinski definition) is 6. The number of carbonyl (C=O) groups excluding carboxylic acids is 1. The number of aromatic nitrogens is 2. The van der Waals surface area contributed by atoms with Gasteiger partial charge in [0.1, 0.15) is 15.7 Å². The van der Waals surface area contributed by atoms with Gasteiger partial charge in [0.2, 0.25) is 5.91 Å². The summed E-state index contributed by atoms with van der Waals surface area (Å²) in [7, 11) is 0. The molecular weight excluding hydrogens is 400 g/mol. The summed E-state index contributed by atoms with van der Waals surface area (Å²) in [5, 5.41) is 10.6. The molecule has 0 bridgehead atoms. The highest BCUT2D eigenvalue weighted by Gasteiger charge is 2.25. The Morgan fingerprint density at radius 3 is 2.55 bits per heavy atom. The van der Waals surface area contributed by atoms with Gasteiger partial charge in [-0.05, 0) is 52.3 Å². The third-order valence-electron chi connectivity index (χ3n) is 4.80. The predicted octanol–water partition coefficient (Wildman–Crippen LogP) is 5.35. The van der Waals surface area contributed by atoms with Gasteiger partial charge in [0.25, 0.3) is 0 Å². The molecule has 1 aromatic carbocycles. The van der Waals surface area contributed by atoms with Gasteiger partial charge in [-0.15, -0.1) is 11.3 Å². The summed E-state index contributed by atoms with van der Waals surface area (Å²) in [4.78, 5) is 26.4. The van der Waals surface area contributed by atoms with E-state index in [0.29, 0.717) is 12.4 Å². The van der Waals surface area contributed by atoms with Crippen molar-refractivity contribution < 1.29 is 4.79 Å². The molecule has 1 atom stereocenters. The fourth-order valence-corrected chi connectivity index (χ4v) is 5.34. The van der Waals surface area contributed by atoms with Gasteiger partial charge in [-0.25, -0.2) is 9.97 Å². The van der Waals surface area contributed by atoms with Crippen molar-refractivity contribution in [1.29, 1.82) is 5.26 Å². The van der Waals surface area contributed by atoms with Crippen LogP contribution in [0.3, 0.4) is 0 Å². The molecule has 0 saturated carbocycles. The normalized spacial score (nSPS) is 12.0. The average molecular weight is 425 g/mol. The molecule has 0 aliphatic carbocycles. The molecule has 0 radical (unpaired) electrons. The van der Waals surface area contributed by atoms with Gasteiger partial charge in [0, 0.05) is 22.5 Å². The minimum absolute atomic E-state index is 0.0249. The van der Waals surface area contributed by atoms with Crippen LogP contribution >= 0.6 is 23.1 Å². The monoisotopic (exact) mass is 424 g/mol. The Balaban J connectivity index is 1.91. The number of amides is 1. The molecule has 2 heterocycles. The Morgan fingerprint density at radius 2 is 1.90 bits per heavy atom. The molecule has 0 N–H and O–H groups in total. The Hall–Kier alpha value is -2.43. The number of rotatable bonds is 6. The van der Waals surface area contributed by atoms with Crippen LogP contribution in [0.2, 0.25) is 0 Å². The number of nitrogens with zero attached hydrogens (tertiary/aromatic N) is 4. The van der Waals surface area contributed by atoms with E-state index in [2.05, 4.69) is 29.9 Å². The predicted molar refractivity (Wildman–Crippen MR) is 121 cm³/mol. The van der Waals surface area contributed by atoms with Crippen molar-refractivity contribution in [3.63, 3.8) is 0 Å². The first kappa shape index (κ1) is 21.3. The van der Waals surface area contributed by atoms with E-state index >= 15 is 0 Å². The van der Waals surface area contributed by atoms with Crippen LogP contribution in [0.5, 0.6) is 0 Å². The topological polar surface area (TPSA) is 69.9 Å². The highest BCUT2D eigenvalue weighted by molar-refractivity contribution is 8.00. The van der Waals surface area contributed by atoms with Crippen LogP contribution in [0.4, 0.5) is 5.69 Å². The van der Waals surface area contributed by atoms with Crippen molar-refractivity contribution in [1.82, 2.24) is 9.97 Å². The molecule has 5 nitrogen and oxygen atoms in total. The molecule has 150 valence electrons. The number of anilines is 1. The van der Waals surface area contributed by atoms with E-state index < -0.39 is 0 Å². The molecule has 0 fully saturated rings. The first-order chi connectivity index (χ1) is 13.8. The highest BCUT2D eigenvalue weighted by Crippen LogP contribution is 2.37. The number of thioether (sulfide) groups is 1. The fourth-order valence-electron chi connectivity index (χ4n) is 3.09. The first-order valence-corrected chi connectivity index (χ1v) is 11.2. The zero-order valence-electron chi connectivity index (χ0n) is 17.3. The van der Waals surface area contributed by atoms with Crippen molar-refractivity contribution in [3.05, 3.63) is 46.1 Å². The number of hydrogen-bond donors (Lipinski definition) is 0. The lowest BCUT2D eigenvalue weighted by atomic mass is 10.2. The van der Waals surface area contributed by atoms with Crippen molar-refractivity contribution in [2.45, 2.75) is 51.3 Å². The Bertz CT molecular complexity index is 1080.